The van der Waals surface area contributed by atoms with Crippen LogP contribution in [-0.2, 0) is 7.05 Å². The summed E-state index contributed by atoms with van der Waals surface area (Å²) in [6, 6.07) is 0.604. The van der Waals surface area contributed by atoms with Crippen molar-refractivity contribution in [3.05, 3.63) is 18.7 Å². The lowest BCUT2D eigenvalue weighted by Crippen LogP contribution is -3.00. The van der Waals surface area contributed by atoms with Crippen molar-refractivity contribution in [2.75, 3.05) is 11.5 Å². The zero-order valence-electron chi connectivity index (χ0n) is 18.3. The lowest BCUT2D eigenvalue weighted by Gasteiger charge is -2.07. The van der Waals surface area contributed by atoms with Crippen molar-refractivity contribution in [1.82, 2.24) is 4.57 Å². The number of unbranched alkanes of at least 4 members (excludes halogenated alkanes) is 13. The Morgan fingerprint density at radius 2 is 1.30 bits per heavy atom. The van der Waals surface area contributed by atoms with E-state index in [0.717, 1.165) is 0 Å². The molecule has 1 aromatic rings. The van der Waals surface area contributed by atoms with E-state index in [-0.39, 0.29) is 17.0 Å². The summed E-state index contributed by atoms with van der Waals surface area (Å²) >= 11 is 2.12. The molecule has 4 heteroatoms. The molecule has 1 rings (SSSR count). The van der Waals surface area contributed by atoms with Crippen molar-refractivity contribution in [3.63, 3.8) is 0 Å². The second kappa shape index (κ2) is 19.4. The van der Waals surface area contributed by atoms with Crippen LogP contribution in [0.1, 0.15) is 110 Å². The van der Waals surface area contributed by atoms with E-state index >= 15 is 0 Å². The zero-order valence-corrected chi connectivity index (χ0v) is 20.7. The summed E-state index contributed by atoms with van der Waals surface area (Å²) in [5.41, 5.74) is 0. The van der Waals surface area contributed by atoms with Crippen molar-refractivity contribution in [1.29, 1.82) is 0 Å². The largest absolute Gasteiger partial charge is 1.00 e. The maximum Gasteiger partial charge on any atom is 0.243 e. The smallest absolute Gasteiger partial charge is 0.243 e. The molecule has 0 fully saturated rings. The van der Waals surface area contributed by atoms with Crippen LogP contribution in [0, 0.1) is 0 Å². The summed E-state index contributed by atoms with van der Waals surface area (Å²) in [5, 5.41) is 0. The summed E-state index contributed by atoms with van der Waals surface area (Å²) in [6.07, 6.45) is 26.7. The van der Waals surface area contributed by atoms with Crippen LogP contribution in [0.3, 0.4) is 0 Å². The van der Waals surface area contributed by atoms with Crippen LogP contribution in [0.2, 0.25) is 0 Å². The van der Waals surface area contributed by atoms with Gasteiger partial charge in [0.15, 0.2) is 0 Å². The molecule has 0 radical (unpaired) electrons. The molecule has 1 atom stereocenters. The molecule has 0 saturated carbocycles. The van der Waals surface area contributed by atoms with Gasteiger partial charge in [0, 0.05) is 5.75 Å². The van der Waals surface area contributed by atoms with Gasteiger partial charge in [-0.05, 0) is 19.1 Å². The molecule has 0 aliphatic carbocycles. The van der Waals surface area contributed by atoms with Gasteiger partial charge in [0.2, 0.25) is 6.33 Å². The van der Waals surface area contributed by atoms with Gasteiger partial charge < -0.3 is 17.0 Å². The molecular weight excluding hydrogens is 416 g/mol. The number of imidazole rings is 1. The maximum absolute atomic E-state index is 2.32. The van der Waals surface area contributed by atoms with E-state index in [1.54, 1.807) is 0 Å². The molecule has 160 valence electrons. The Morgan fingerprint density at radius 3 is 1.74 bits per heavy atom. The van der Waals surface area contributed by atoms with Gasteiger partial charge in [-0.2, -0.15) is 11.8 Å². The molecular formula is C23H45BrN2S. The number of halogens is 1. The Kier molecular flexibility index (Phi) is 19.4. The fourth-order valence-electron chi connectivity index (χ4n) is 3.47. The van der Waals surface area contributed by atoms with Crippen molar-refractivity contribution in [3.8, 4) is 0 Å². The van der Waals surface area contributed by atoms with Crippen LogP contribution in [-0.4, -0.2) is 16.1 Å². The Labute approximate surface area is 184 Å². The molecule has 1 unspecified atom stereocenters. The average Bonchev–Trinajstić information content (AvgIpc) is 3.07. The normalized spacial score (nSPS) is 12.1. The molecule has 27 heavy (non-hydrogen) atoms. The fraction of sp³-hybridized carbons (Fsp3) is 0.870. The highest BCUT2D eigenvalue weighted by atomic mass is 79.9. The van der Waals surface area contributed by atoms with Gasteiger partial charge in [-0.1, -0.05) is 90.4 Å². The van der Waals surface area contributed by atoms with E-state index in [4.69, 9.17) is 0 Å². The van der Waals surface area contributed by atoms with E-state index in [0.29, 0.717) is 6.04 Å². The number of aromatic nitrogens is 2. The number of hydrogen-bond donors (Lipinski definition) is 0. The maximum atomic E-state index is 2.32. The molecule has 1 heterocycles. The number of thioether (sulfide) groups is 1. The van der Waals surface area contributed by atoms with Gasteiger partial charge in [-0.3, -0.25) is 0 Å². The first-order valence-electron chi connectivity index (χ1n) is 11.3. The molecule has 2 nitrogen and oxygen atoms in total. The standard InChI is InChI=1S/C23H45N2S.BrH/c1-4-5-6-7-8-9-10-11-12-13-14-15-16-17-20-26-21-23(2)25-19-18-24(3)22-25;/h18-19,22-23H,4-17,20-21H2,1-3H3;1H/q+1;/p-1. The molecule has 0 N–H and O–H groups in total. The second-order valence-corrected chi connectivity index (χ2v) is 9.20. The highest BCUT2D eigenvalue weighted by molar-refractivity contribution is 7.99. The van der Waals surface area contributed by atoms with E-state index in [1.807, 2.05) is 0 Å². The third-order valence-electron chi connectivity index (χ3n) is 5.30. The molecule has 1 aromatic heterocycles. The van der Waals surface area contributed by atoms with Crippen molar-refractivity contribution < 1.29 is 21.5 Å². The van der Waals surface area contributed by atoms with Crippen LogP contribution < -0.4 is 21.5 Å². The first-order valence-corrected chi connectivity index (χ1v) is 12.5. The monoisotopic (exact) mass is 460 g/mol. The lowest BCUT2D eigenvalue weighted by molar-refractivity contribution is -0.671. The van der Waals surface area contributed by atoms with E-state index in [1.165, 1.54) is 101 Å². The SMILES string of the molecule is CCCCCCCCCCCCCCCCSCC(C)n1cc[n+](C)c1.[Br-]. The third kappa shape index (κ3) is 15.6. The molecule has 0 aliphatic heterocycles. The lowest BCUT2D eigenvalue weighted by atomic mass is 10.0. The van der Waals surface area contributed by atoms with Crippen LogP contribution >= 0.6 is 11.8 Å². The quantitative estimate of drug-likeness (QED) is 0.236. The van der Waals surface area contributed by atoms with E-state index in [2.05, 4.69) is 60.5 Å². The van der Waals surface area contributed by atoms with Gasteiger partial charge in [-0.25, -0.2) is 9.13 Å². The van der Waals surface area contributed by atoms with Gasteiger partial charge in [0.25, 0.3) is 0 Å². The fourth-order valence-corrected chi connectivity index (χ4v) is 4.56. The Balaban J connectivity index is 0.00000676. The molecule has 0 saturated heterocycles. The number of nitrogens with zero attached hydrogens (tertiary/aromatic N) is 2. The van der Waals surface area contributed by atoms with Crippen molar-refractivity contribution in [2.45, 2.75) is 110 Å². The number of aryl methyl sites for hydroxylation is 1. The minimum absolute atomic E-state index is 0. The Hall–Kier alpha value is 0.0400. The molecule has 0 spiro atoms. The highest BCUT2D eigenvalue weighted by Crippen LogP contribution is 2.16. The topological polar surface area (TPSA) is 8.81 Å². The van der Waals surface area contributed by atoms with Crippen LogP contribution in [0.15, 0.2) is 18.7 Å². The molecule has 0 aromatic carbocycles. The van der Waals surface area contributed by atoms with Gasteiger partial charge in [-0.15, -0.1) is 0 Å². The number of rotatable bonds is 18. The molecule has 0 aliphatic rings. The summed E-state index contributed by atoms with van der Waals surface area (Å²) in [7, 11) is 2.09. The van der Waals surface area contributed by atoms with E-state index in [9.17, 15) is 0 Å². The zero-order chi connectivity index (χ0) is 18.9. The summed E-state index contributed by atoms with van der Waals surface area (Å²) in [5.74, 6) is 2.56. The predicted octanol–water partition coefficient (Wildman–Crippen LogP) is 4.09. The van der Waals surface area contributed by atoms with Crippen LogP contribution in [0.4, 0.5) is 0 Å². The van der Waals surface area contributed by atoms with Gasteiger partial charge in [0.05, 0.1) is 7.05 Å². The average molecular weight is 462 g/mol. The minimum Gasteiger partial charge on any atom is -1.00 e. The first-order chi connectivity index (χ1) is 12.7. The van der Waals surface area contributed by atoms with E-state index < -0.39 is 0 Å². The Bertz CT molecular complexity index is 422. The van der Waals surface area contributed by atoms with Gasteiger partial charge in [0.1, 0.15) is 18.4 Å². The van der Waals surface area contributed by atoms with Crippen molar-refractivity contribution in [2.24, 2.45) is 7.05 Å². The van der Waals surface area contributed by atoms with Crippen molar-refractivity contribution >= 4 is 11.8 Å². The number of hydrogen-bond acceptors (Lipinski definition) is 1. The predicted molar refractivity (Wildman–Crippen MR) is 118 cm³/mol. The first kappa shape index (κ1) is 27.0. The minimum atomic E-state index is 0. The third-order valence-corrected chi connectivity index (χ3v) is 6.60. The summed E-state index contributed by atoms with van der Waals surface area (Å²) in [4.78, 5) is 0. The summed E-state index contributed by atoms with van der Waals surface area (Å²) < 4.78 is 4.44. The highest BCUT2D eigenvalue weighted by Gasteiger charge is 2.09. The van der Waals surface area contributed by atoms with Gasteiger partial charge >= 0.3 is 0 Å². The molecule has 0 amide bonds. The van der Waals surface area contributed by atoms with Crippen LogP contribution in [0.25, 0.3) is 0 Å². The second-order valence-electron chi connectivity index (χ2n) is 8.05. The van der Waals surface area contributed by atoms with Crippen LogP contribution in [0.5, 0.6) is 0 Å². The summed E-state index contributed by atoms with van der Waals surface area (Å²) in [6.45, 7) is 4.61. The Morgan fingerprint density at radius 1 is 0.815 bits per heavy atom. The molecule has 0 bridgehead atoms.